The number of hydrogen-bond acceptors (Lipinski definition) is 4. The van der Waals surface area contributed by atoms with Gasteiger partial charge < -0.3 is 4.90 Å². The predicted molar refractivity (Wildman–Crippen MR) is 76.7 cm³/mol. The maximum Gasteiger partial charge on any atom is 0.237 e. The minimum absolute atomic E-state index is 0.0142. The minimum Gasteiger partial charge on any atom is -0.331 e. The van der Waals surface area contributed by atoms with Crippen molar-refractivity contribution in [2.24, 2.45) is 0 Å². The highest BCUT2D eigenvalue weighted by molar-refractivity contribution is 8.14. The third-order valence-corrected chi connectivity index (χ3v) is 4.51. The van der Waals surface area contributed by atoms with Gasteiger partial charge in [-0.1, -0.05) is 23.6 Å². The van der Waals surface area contributed by atoms with E-state index in [1.165, 1.54) is 19.8 Å². The molecule has 5 heteroatoms. The Kier molecular flexibility index (Phi) is 5.29. The predicted octanol–water partition coefficient (Wildman–Crippen LogP) is 0.966. The van der Waals surface area contributed by atoms with Crippen molar-refractivity contribution >= 4 is 22.8 Å². The van der Waals surface area contributed by atoms with Crippen LogP contribution in [0.15, 0.2) is 0 Å². The first-order chi connectivity index (χ1) is 9.16. The Labute approximate surface area is 118 Å². The lowest BCUT2D eigenvalue weighted by Gasteiger charge is -2.12. The lowest BCUT2D eigenvalue weighted by molar-refractivity contribution is -0.126. The van der Waals surface area contributed by atoms with Gasteiger partial charge in [-0.2, -0.15) is 0 Å². The average Bonchev–Trinajstić information content (AvgIpc) is 2.98. The van der Waals surface area contributed by atoms with Crippen LogP contribution >= 0.6 is 11.8 Å². The first-order valence-electron chi connectivity index (χ1n) is 6.81. The van der Waals surface area contributed by atoms with Gasteiger partial charge >= 0.3 is 0 Å². The Morgan fingerprint density at radius 3 is 2.63 bits per heavy atom. The summed E-state index contributed by atoms with van der Waals surface area (Å²) >= 11 is 1.15. The van der Waals surface area contributed by atoms with E-state index >= 15 is 0 Å². The Morgan fingerprint density at radius 2 is 1.95 bits per heavy atom. The molecule has 1 unspecified atom stereocenters. The molecule has 0 radical (unpaired) electrons. The van der Waals surface area contributed by atoms with Crippen LogP contribution in [0.5, 0.6) is 0 Å². The smallest absolute Gasteiger partial charge is 0.237 e. The molecule has 0 N–H and O–H groups in total. The molecule has 2 saturated heterocycles. The molecular formula is C14H20N2O2S. The molecule has 19 heavy (non-hydrogen) atoms. The summed E-state index contributed by atoms with van der Waals surface area (Å²) in [6, 6.07) is 0. The fourth-order valence-electron chi connectivity index (χ4n) is 2.44. The molecule has 2 aliphatic heterocycles. The van der Waals surface area contributed by atoms with Crippen molar-refractivity contribution in [3.63, 3.8) is 0 Å². The van der Waals surface area contributed by atoms with Gasteiger partial charge in [-0.3, -0.25) is 14.5 Å². The standard InChI is InChI=1S/C14H20N2O2S/c1-12(17)19-13-6-11-16(14(13)18)10-5-4-9-15-7-2-3-8-15/h13H,2-3,6-11H2,1H3. The van der Waals surface area contributed by atoms with Crippen molar-refractivity contribution < 1.29 is 9.59 Å². The van der Waals surface area contributed by atoms with Crippen LogP contribution in [0, 0.1) is 11.8 Å². The number of amides is 1. The molecule has 1 atom stereocenters. The van der Waals surface area contributed by atoms with E-state index in [0.29, 0.717) is 6.54 Å². The van der Waals surface area contributed by atoms with Gasteiger partial charge in [0.25, 0.3) is 0 Å². The molecule has 0 aromatic rings. The third kappa shape index (κ3) is 4.26. The van der Waals surface area contributed by atoms with Crippen LogP contribution in [0.3, 0.4) is 0 Å². The van der Waals surface area contributed by atoms with E-state index in [4.69, 9.17) is 0 Å². The summed E-state index contributed by atoms with van der Waals surface area (Å²) in [6.45, 7) is 5.84. The lowest BCUT2D eigenvalue weighted by atomic mass is 10.4. The Balaban J connectivity index is 1.73. The summed E-state index contributed by atoms with van der Waals surface area (Å²) in [7, 11) is 0. The normalized spacial score (nSPS) is 23.5. The summed E-state index contributed by atoms with van der Waals surface area (Å²) in [4.78, 5) is 27.1. The molecule has 0 bridgehead atoms. The number of rotatable bonds is 3. The van der Waals surface area contributed by atoms with E-state index in [2.05, 4.69) is 16.7 Å². The number of carbonyl (C=O) groups excluding carboxylic acids is 2. The largest absolute Gasteiger partial charge is 0.331 e. The van der Waals surface area contributed by atoms with E-state index in [1.54, 1.807) is 4.90 Å². The quantitative estimate of drug-likeness (QED) is 0.722. The van der Waals surface area contributed by atoms with Crippen LogP contribution in [0.4, 0.5) is 0 Å². The van der Waals surface area contributed by atoms with Crippen molar-refractivity contribution in [3.8, 4) is 11.8 Å². The lowest BCUT2D eigenvalue weighted by Crippen LogP contribution is -2.29. The fraction of sp³-hybridized carbons (Fsp3) is 0.714. The van der Waals surface area contributed by atoms with Gasteiger partial charge in [-0.05, 0) is 32.4 Å². The van der Waals surface area contributed by atoms with Gasteiger partial charge in [0, 0.05) is 13.5 Å². The van der Waals surface area contributed by atoms with Crippen LogP contribution < -0.4 is 0 Å². The van der Waals surface area contributed by atoms with Crippen molar-refractivity contribution in [2.75, 3.05) is 32.7 Å². The van der Waals surface area contributed by atoms with E-state index in [0.717, 1.165) is 44.4 Å². The SMILES string of the molecule is CC(=O)SC1CCN(CC#CCN2CCCC2)C1=O. The van der Waals surface area contributed by atoms with Gasteiger partial charge in [0.2, 0.25) is 5.91 Å². The summed E-state index contributed by atoms with van der Waals surface area (Å²) in [6.07, 6.45) is 3.31. The average molecular weight is 280 g/mol. The van der Waals surface area contributed by atoms with Crippen LogP contribution in [-0.4, -0.2) is 58.8 Å². The zero-order valence-electron chi connectivity index (χ0n) is 11.4. The maximum atomic E-state index is 12.0. The Morgan fingerprint density at radius 1 is 1.26 bits per heavy atom. The van der Waals surface area contributed by atoms with Crippen LogP contribution in [0.1, 0.15) is 26.2 Å². The second-order valence-electron chi connectivity index (χ2n) is 4.98. The topological polar surface area (TPSA) is 40.6 Å². The molecule has 2 aliphatic rings. The summed E-state index contributed by atoms with van der Waals surface area (Å²) < 4.78 is 0. The van der Waals surface area contributed by atoms with Gasteiger partial charge in [0.1, 0.15) is 0 Å². The van der Waals surface area contributed by atoms with E-state index in [9.17, 15) is 9.59 Å². The van der Waals surface area contributed by atoms with E-state index < -0.39 is 0 Å². The second kappa shape index (κ2) is 6.97. The first-order valence-corrected chi connectivity index (χ1v) is 7.69. The molecule has 2 fully saturated rings. The highest BCUT2D eigenvalue weighted by Crippen LogP contribution is 2.24. The number of likely N-dealkylation sites (tertiary alicyclic amines) is 2. The van der Waals surface area contributed by atoms with Crippen molar-refractivity contribution in [1.82, 2.24) is 9.80 Å². The monoisotopic (exact) mass is 280 g/mol. The van der Waals surface area contributed by atoms with Gasteiger partial charge in [0.15, 0.2) is 5.12 Å². The van der Waals surface area contributed by atoms with Gasteiger partial charge in [0.05, 0.1) is 18.3 Å². The molecular weight excluding hydrogens is 260 g/mol. The van der Waals surface area contributed by atoms with Crippen molar-refractivity contribution in [3.05, 3.63) is 0 Å². The van der Waals surface area contributed by atoms with Crippen molar-refractivity contribution in [2.45, 2.75) is 31.4 Å². The second-order valence-corrected chi connectivity index (χ2v) is 6.36. The summed E-state index contributed by atoms with van der Waals surface area (Å²) in [5.41, 5.74) is 0. The zero-order chi connectivity index (χ0) is 13.7. The molecule has 2 heterocycles. The Hall–Kier alpha value is -0.990. The minimum atomic E-state index is -0.183. The highest BCUT2D eigenvalue weighted by atomic mass is 32.2. The molecule has 0 aliphatic carbocycles. The number of thioether (sulfide) groups is 1. The van der Waals surface area contributed by atoms with Gasteiger partial charge in [-0.25, -0.2) is 0 Å². The summed E-state index contributed by atoms with van der Waals surface area (Å²) in [5, 5.41) is -0.168. The van der Waals surface area contributed by atoms with E-state index in [-0.39, 0.29) is 16.3 Å². The fourth-order valence-corrected chi connectivity index (χ4v) is 3.31. The molecule has 104 valence electrons. The molecule has 0 spiro atoms. The van der Waals surface area contributed by atoms with Crippen LogP contribution in [0.2, 0.25) is 0 Å². The molecule has 0 aromatic carbocycles. The molecule has 0 saturated carbocycles. The van der Waals surface area contributed by atoms with Gasteiger partial charge in [-0.15, -0.1) is 0 Å². The highest BCUT2D eigenvalue weighted by Gasteiger charge is 2.32. The van der Waals surface area contributed by atoms with Crippen LogP contribution in [0.25, 0.3) is 0 Å². The first kappa shape index (κ1) is 14.4. The maximum absolute atomic E-state index is 12.0. The molecule has 1 amide bonds. The molecule has 4 nitrogen and oxygen atoms in total. The molecule has 2 rings (SSSR count). The third-order valence-electron chi connectivity index (χ3n) is 3.45. The van der Waals surface area contributed by atoms with Crippen molar-refractivity contribution in [1.29, 1.82) is 0 Å². The van der Waals surface area contributed by atoms with Crippen LogP contribution in [-0.2, 0) is 9.59 Å². The summed E-state index contributed by atoms with van der Waals surface area (Å²) in [5.74, 6) is 6.28. The van der Waals surface area contributed by atoms with E-state index in [1.807, 2.05) is 0 Å². The number of hydrogen-bond donors (Lipinski definition) is 0. The number of nitrogens with zero attached hydrogens (tertiary/aromatic N) is 2. The zero-order valence-corrected chi connectivity index (χ0v) is 12.2. The Bertz CT molecular complexity index is 407. The molecule has 0 aromatic heterocycles. The number of carbonyl (C=O) groups is 2.